The molecule has 0 spiro atoms. The number of hydrogen-bond acceptors (Lipinski definition) is 6. The van der Waals surface area contributed by atoms with E-state index in [-0.39, 0.29) is 16.9 Å². The zero-order valence-corrected chi connectivity index (χ0v) is 16.6. The maximum absolute atomic E-state index is 13.0. The number of benzene rings is 1. The Morgan fingerprint density at radius 1 is 1.19 bits per heavy atom. The molecule has 1 aromatic heterocycles. The number of amides is 1. The molecule has 1 unspecified atom stereocenters. The van der Waals surface area contributed by atoms with E-state index in [2.05, 4.69) is 5.32 Å². The molecular weight excluding hydrogens is 412 g/mol. The van der Waals surface area contributed by atoms with Crippen LogP contribution in [-0.4, -0.2) is 38.0 Å². The first-order chi connectivity index (χ1) is 12.9. The quantitative estimate of drug-likeness (QED) is 0.807. The molecule has 7 nitrogen and oxygen atoms in total. The number of hydrogen-bond donors (Lipinski definition) is 1. The molecule has 1 atom stereocenters. The molecule has 1 saturated heterocycles. The van der Waals surface area contributed by atoms with Crippen LogP contribution >= 0.6 is 22.9 Å². The van der Waals surface area contributed by atoms with E-state index in [1.807, 2.05) is 0 Å². The number of nitrogens with zero attached hydrogens (tertiary/aromatic N) is 1. The van der Waals surface area contributed by atoms with Gasteiger partial charge in [0.2, 0.25) is 12.7 Å². The molecule has 0 aliphatic carbocycles. The number of nitrogens with one attached hydrogen (secondary N) is 1. The lowest BCUT2D eigenvalue weighted by Crippen LogP contribution is -2.49. The summed E-state index contributed by atoms with van der Waals surface area (Å²) >= 11 is 6.89. The Hall–Kier alpha value is -1.81. The van der Waals surface area contributed by atoms with E-state index < -0.39 is 16.1 Å². The highest BCUT2D eigenvalue weighted by atomic mass is 35.5. The molecule has 27 heavy (non-hydrogen) atoms. The zero-order chi connectivity index (χ0) is 19.0. The van der Waals surface area contributed by atoms with Crippen molar-refractivity contribution in [3.8, 4) is 11.5 Å². The first kappa shape index (κ1) is 18.5. The van der Waals surface area contributed by atoms with Crippen LogP contribution in [0.25, 0.3) is 0 Å². The van der Waals surface area contributed by atoms with E-state index in [9.17, 15) is 13.2 Å². The summed E-state index contributed by atoms with van der Waals surface area (Å²) in [6.45, 7) is 0.446. The van der Waals surface area contributed by atoms with Gasteiger partial charge in [0.05, 0.1) is 4.34 Å². The molecule has 4 rings (SSSR count). The highest BCUT2D eigenvalue weighted by Gasteiger charge is 2.38. The van der Waals surface area contributed by atoms with Gasteiger partial charge in [-0.2, -0.15) is 4.31 Å². The minimum Gasteiger partial charge on any atom is -0.454 e. The Bertz CT molecular complexity index is 975. The highest BCUT2D eigenvalue weighted by Crippen LogP contribution is 2.35. The second-order valence-corrected chi connectivity index (χ2v) is 10.1. The molecule has 2 aliphatic heterocycles. The first-order valence-corrected chi connectivity index (χ1v) is 11.1. The van der Waals surface area contributed by atoms with E-state index in [1.54, 1.807) is 24.3 Å². The largest absolute Gasteiger partial charge is 0.454 e. The highest BCUT2D eigenvalue weighted by molar-refractivity contribution is 7.91. The second kappa shape index (κ2) is 7.31. The lowest BCUT2D eigenvalue weighted by Gasteiger charge is -2.33. The van der Waals surface area contributed by atoms with Crippen LogP contribution in [0, 0.1) is 0 Å². The number of halogens is 1. The minimum absolute atomic E-state index is 0.144. The van der Waals surface area contributed by atoms with Gasteiger partial charge in [-0.15, -0.1) is 11.3 Å². The van der Waals surface area contributed by atoms with E-state index in [4.69, 9.17) is 21.1 Å². The van der Waals surface area contributed by atoms with Gasteiger partial charge >= 0.3 is 0 Å². The molecule has 1 N–H and O–H groups in total. The fourth-order valence-electron chi connectivity index (χ4n) is 3.21. The number of carbonyl (C=O) groups is 1. The predicted octanol–water partition coefficient (Wildman–Crippen LogP) is 3.31. The van der Waals surface area contributed by atoms with E-state index >= 15 is 0 Å². The minimum atomic E-state index is -3.78. The molecule has 2 aliphatic rings. The molecule has 1 aromatic carbocycles. The van der Waals surface area contributed by atoms with E-state index in [0.717, 1.165) is 17.8 Å². The molecule has 0 bridgehead atoms. The smallest absolute Gasteiger partial charge is 0.253 e. The molecule has 0 saturated carbocycles. The Labute approximate surface area is 165 Å². The van der Waals surface area contributed by atoms with Gasteiger partial charge in [-0.3, -0.25) is 4.79 Å². The number of carbonyl (C=O) groups excluding carboxylic acids is 1. The van der Waals surface area contributed by atoms with Crippen LogP contribution < -0.4 is 14.8 Å². The van der Waals surface area contributed by atoms with Crippen molar-refractivity contribution in [1.82, 2.24) is 4.31 Å². The number of fused-ring (bicyclic) bond motifs is 1. The Morgan fingerprint density at radius 2 is 2.00 bits per heavy atom. The number of thiophene rings is 1. The summed E-state index contributed by atoms with van der Waals surface area (Å²) < 4.78 is 38.4. The molecule has 1 amide bonds. The number of piperidine rings is 1. The van der Waals surface area contributed by atoms with Crippen LogP contribution in [0.1, 0.15) is 19.3 Å². The zero-order valence-electron chi connectivity index (χ0n) is 14.2. The van der Waals surface area contributed by atoms with Gasteiger partial charge in [0, 0.05) is 18.3 Å². The van der Waals surface area contributed by atoms with Crippen molar-refractivity contribution in [2.45, 2.75) is 29.5 Å². The van der Waals surface area contributed by atoms with Crippen LogP contribution in [0.4, 0.5) is 5.69 Å². The molecule has 2 aromatic rings. The summed E-state index contributed by atoms with van der Waals surface area (Å²) in [6.07, 6.45) is 1.97. The van der Waals surface area contributed by atoms with Gasteiger partial charge in [0.15, 0.2) is 11.5 Å². The van der Waals surface area contributed by atoms with Gasteiger partial charge in [0.25, 0.3) is 10.0 Å². The molecule has 1 fully saturated rings. The topological polar surface area (TPSA) is 84.9 Å². The average Bonchev–Trinajstić information content (AvgIpc) is 3.30. The van der Waals surface area contributed by atoms with Crippen LogP contribution in [-0.2, 0) is 14.8 Å². The maximum atomic E-state index is 13.0. The Kier molecular flexibility index (Phi) is 5.02. The van der Waals surface area contributed by atoms with E-state index in [1.165, 1.54) is 10.4 Å². The monoisotopic (exact) mass is 428 g/mol. The summed E-state index contributed by atoms with van der Waals surface area (Å²) in [4.78, 5) is 12.8. The van der Waals surface area contributed by atoms with Crippen LogP contribution in [0.3, 0.4) is 0 Å². The molecule has 144 valence electrons. The third-order valence-electron chi connectivity index (χ3n) is 4.51. The standard InChI is InChI=1S/C17H17ClN2O5S2/c18-15-6-7-16(26-15)27(22,23)20-8-2-1-3-12(20)17(21)19-11-4-5-13-14(9-11)25-10-24-13/h4-7,9,12H,1-3,8,10H2,(H,19,21). The number of sulfonamides is 1. The van der Waals surface area contributed by atoms with Gasteiger partial charge in [-0.25, -0.2) is 8.42 Å². The Morgan fingerprint density at radius 3 is 2.78 bits per heavy atom. The summed E-state index contributed by atoms with van der Waals surface area (Å²) in [6, 6.07) is 7.33. The second-order valence-electron chi connectivity index (χ2n) is 6.24. The lowest BCUT2D eigenvalue weighted by molar-refractivity contribution is -0.120. The molecule has 0 radical (unpaired) electrons. The molecule has 3 heterocycles. The maximum Gasteiger partial charge on any atom is 0.253 e. The van der Waals surface area contributed by atoms with Crippen molar-refractivity contribution in [3.05, 3.63) is 34.7 Å². The van der Waals surface area contributed by atoms with Crippen LogP contribution in [0.5, 0.6) is 11.5 Å². The van der Waals surface area contributed by atoms with Crippen molar-refractivity contribution in [2.75, 3.05) is 18.7 Å². The third kappa shape index (κ3) is 3.64. The Balaban J connectivity index is 1.56. The van der Waals surface area contributed by atoms with Gasteiger partial charge in [-0.05, 0) is 37.1 Å². The van der Waals surface area contributed by atoms with Crippen molar-refractivity contribution >= 4 is 44.6 Å². The van der Waals surface area contributed by atoms with Crippen molar-refractivity contribution in [3.63, 3.8) is 0 Å². The summed E-state index contributed by atoms with van der Waals surface area (Å²) in [7, 11) is -3.78. The van der Waals surface area contributed by atoms with Gasteiger partial charge in [0.1, 0.15) is 10.3 Å². The summed E-state index contributed by atoms with van der Waals surface area (Å²) in [5.74, 6) is 0.804. The normalized spacial score (nSPS) is 19.8. The fraction of sp³-hybridized carbons (Fsp3) is 0.353. The predicted molar refractivity (Wildman–Crippen MR) is 102 cm³/mol. The molecular formula is C17H17ClN2O5S2. The first-order valence-electron chi connectivity index (χ1n) is 8.43. The SMILES string of the molecule is O=C(Nc1ccc2c(c1)OCO2)C1CCCCN1S(=O)(=O)c1ccc(Cl)s1. The summed E-state index contributed by atoms with van der Waals surface area (Å²) in [5, 5.41) is 2.80. The molecule has 10 heteroatoms. The fourth-order valence-corrected chi connectivity index (χ4v) is 6.47. The number of rotatable bonds is 4. The van der Waals surface area contributed by atoms with Crippen LogP contribution in [0.15, 0.2) is 34.5 Å². The average molecular weight is 429 g/mol. The number of anilines is 1. The third-order valence-corrected chi connectivity index (χ3v) is 8.11. The van der Waals surface area contributed by atoms with Crippen LogP contribution in [0.2, 0.25) is 4.34 Å². The van der Waals surface area contributed by atoms with Crippen molar-refractivity contribution in [1.29, 1.82) is 0 Å². The van der Waals surface area contributed by atoms with Gasteiger partial charge in [-0.1, -0.05) is 18.0 Å². The lowest BCUT2D eigenvalue weighted by atomic mass is 10.0. The van der Waals surface area contributed by atoms with Crippen molar-refractivity contribution in [2.24, 2.45) is 0 Å². The van der Waals surface area contributed by atoms with Gasteiger partial charge < -0.3 is 14.8 Å². The summed E-state index contributed by atoms with van der Waals surface area (Å²) in [5.41, 5.74) is 0.534. The van der Waals surface area contributed by atoms with E-state index in [0.29, 0.717) is 40.9 Å². The van der Waals surface area contributed by atoms with Crippen molar-refractivity contribution < 1.29 is 22.7 Å². The number of ether oxygens (including phenoxy) is 2.